The average Bonchev–Trinajstić information content (AvgIpc) is 2.85. The zero-order valence-corrected chi connectivity index (χ0v) is 21.7. The summed E-state index contributed by atoms with van der Waals surface area (Å²) in [6, 6.07) is 17.2. The predicted octanol–water partition coefficient (Wildman–Crippen LogP) is 8.86. The van der Waals surface area contributed by atoms with Gasteiger partial charge in [0.25, 0.3) is 0 Å². The molecule has 2 aromatic carbocycles. The summed E-state index contributed by atoms with van der Waals surface area (Å²) in [5.74, 6) is 2.92. The van der Waals surface area contributed by atoms with Gasteiger partial charge in [0.15, 0.2) is 0 Å². The number of allylic oxidation sites excluding steroid dienone is 4. The van der Waals surface area contributed by atoms with Crippen LogP contribution in [0.25, 0.3) is 0 Å². The van der Waals surface area contributed by atoms with Gasteiger partial charge in [0, 0.05) is 0 Å². The maximum absolute atomic E-state index is 6.02. The molecule has 2 nitrogen and oxygen atoms in total. The second-order valence-electron chi connectivity index (χ2n) is 10.4. The van der Waals surface area contributed by atoms with Gasteiger partial charge >= 0.3 is 0 Å². The van der Waals surface area contributed by atoms with Gasteiger partial charge in [-0.2, -0.15) is 0 Å². The van der Waals surface area contributed by atoms with E-state index in [9.17, 15) is 0 Å². The van der Waals surface area contributed by atoms with Gasteiger partial charge in [-0.25, -0.2) is 0 Å². The van der Waals surface area contributed by atoms with E-state index in [1.54, 1.807) is 0 Å². The van der Waals surface area contributed by atoms with Gasteiger partial charge in [0.1, 0.15) is 0 Å². The van der Waals surface area contributed by atoms with Crippen molar-refractivity contribution in [2.24, 2.45) is 23.7 Å². The molecule has 0 aromatic heterocycles. The molecule has 0 saturated heterocycles. The van der Waals surface area contributed by atoms with Gasteiger partial charge in [0.05, 0.1) is 26.4 Å². The van der Waals surface area contributed by atoms with E-state index in [0.29, 0.717) is 25.0 Å². The molecule has 4 rings (SSSR count). The minimum atomic E-state index is 0. The Bertz CT molecular complexity index is 805. The minimum absolute atomic E-state index is 0. The second kappa shape index (κ2) is 15.8. The van der Waals surface area contributed by atoms with Crippen molar-refractivity contribution in [1.82, 2.24) is 0 Å². The highest BCUT2D eigenvalue weighted by Crippen LogP contribution is 2.27. The fourth-order valence-electron chi connectivity index (χ4n) is 4.45. The minimum Gasteiger partial charge on any atom is -0.376 e. The molecular formula is C33H48O2. The predicted molar refractivity (Wildman–Crippen MR) is 150 cm³/mol. The molecular weight excluding hydrogens is 428 g/mol. The average molecular weight is 477 g/mol. The quantitative estimate of drug-likeness (QED) is 0.354. The lowest BCUT2D eigenvalue weighted by Crippen LogP contribution is -2.26. The van der Waals surface area contributed by atoms with Gasteiger partial charge in [-0.1, -0.05) is 105 Å². The third-order valence-corrected chi connectivity index (χ3v) is 7.31. The van der Waals surface area contributed by atoms with Gasteiger partial charge in [0.2, 0.25) is 0 Å². The Hall–Kier alpha value is -2.16. The highest BCUT2D eigenvalue weighted by molar-refractivity contribution is 5.21. The summed E-state index contributed by atoms with van der Waals surface area (Å²) in [7, 11) is 0. The summed E-state index contributed by atoms with van der Waals surface area (Å²) in [4.78, 5) is 0. The lowest BCUT2D eigenvalue weighted by Gasteiger charge is -2.28. The Morgan fingerprint density at radius 1 is 0.571 bits per heavy atom. The van der Waals surface area contributed by atoms with Gasteiger partial charge < -0.3 is 9.47 Å². The van der Waals surface area contributed by atoms with Crippen LogP contribution in [-0.4, -0.2) is 13.2 Å². The van der Waals surface area contributed by atoms with E-state index in [0.717, 1.165) is 37.9 Å². The zero-order valence-electron chi connectivity index (χ0n) is 21.7. The van der Waals surface area contributed by atoms with E-state index in [2.05, 4.69) is 101 Å². The highest BCUT2D eigenvalue weighted by atomic mass is 16.5. The van der Waals surface area contributed by atoms with Crippen LogP contribution in [0.4, 0.5) is 0 Å². The molecule has 4 unspecified atom stereocenters. The van der Waals surface area contributed by atoms with Crippen LogP contribution in [0, 0.1) is 37.5 Å². The Kier molecular flexibility index (Phi) is 13.1. The van der Waals surface area contributed by atoms with E-state index in [1.165, 1.54) is 35.1 Å². The Morgan fingerprint density at radius 3 is 1.26 bits per heavy atom. The SMILES string of the molecule is C.CC1CC=CCC1C.Cc1ccc(COCC2CC=CCC2COCc2ccc(C)cc2)cc1. The number of ether oxygens (including phenoxy) is 2. The van der Waals surface area contributed by atoms with Gasteiger partial charge in [-0.05, 0) is 74.3 Å². The largest absolute Gasteiger partial charge is 0.376 e. The molecule has 2 aromatic rings. The molecule has 0 fully saturated rings. The van der Waals surface area contributed by atoms with Crippen LogP contribution < -0.4 is 0 Å². The second-order valence-corrected chi connectivity index (χ2v) is 10.4. The van der Waals surface area contributed by atoms with Crippen LogP contribution >= 0.6 is 0 Å². The molecule has 0 bridgehead atoms. The number of hydrogen-bond acceptors (Lipinski definition) is 2. The lowest BCUT2D eigenvalue weighted by molar-refractivity contribution is 0.0207. The summed E-state index contributed by atoms with van der Waals surface area (Å²) in [5.41, 5.74) is 5.07. The van der Waals surface area contributed by atoms with Crippen LogP contribution in [0.15, 0.2) is 72.8 Å². The van der Waals surface area contributed by atoms with E-state index in [4.69, 9.17) is 9.47 Å². The van der Waals surface area contributed by atoms with Gasteiger partial charge in [-0.15, -0.1) is 0 Å². The van der Waals surface area contributed by atoms with Crippen molar-refractivity contribution in [3.05, 3.63) is 95.1 Å². The monoisotopic (exact) mass is 476 g/mol. The summed E-state index contributed by atoms with van der Waals surface area (Å²) in [6.45, 7) is 11.9. The first-order valence-corrected chi connectivity index (χ1v) is 13.1. The van der Waals surface area contributed by atoms with E-state index in [-0.39, 0.29) is 7.43 Å². The van der Waals surface area contributed by atoms with Crippen molar-refractivity contribution in [3.63, 3.8) is 0 Å². The maximum Gasteiger partial charge on any atom is 0.0717 e. The van der Waals surface area contributed by atoms with Crippen LogP contribution in [0.2, 0.25) is 0 Å². The van der Waals surface area contributed by atoms with E-state index >= 15 is 0 Å². The molecule has 0 heterocycles. The molecule has 0 N–H and O–H groups in total. The Morgan fingerprint density at radius 2 is 0.914 bits per heavy atom. The Balaban J connectivity index is 0.000000409. The summed E-state index contributed by atoms with van der Waals surface area (Å²) < 4.78 is 12.0. The molecule has 4 atom stereocenters. The van der Waals surface area contributed by atoms with Crippen LogP contribution in [0.1, 0.15) is 69.2 Å². The standard InChI is InChI=1S/C24H30O2.C8H14.CH4/c1-19-7-11-21(12-8-19)15-25-17-23-5-3-4-6-24(23)18-26-16-22-13-9-20(2)10-14-22;1-7-5-3-4-6-8(7)2;/h3-4,7-14,23-24H,5-6,15-18H2,1-2H3;3-4,7-8H,5-6H2,1-2H3;1H4. The zero-order chi connectivity index (χ0) is 24.2. The lowest BCUT2D eigenvalue weighted by atomic mass is 9.84. The molecule has 2 aliphatic rings. The molecule has 0 aliphatic heterocycles. The number of hydrogen-bond donors (Lipinski definition) is 0. The van der Waals surface area contributed by atoms with Crippen LogP contribution in [0.3, 0.4) is 0 Å². The molecule has 0 radical (unpaired) electrons. The third kappa shape index (κ3) is 10.5. The Labute approximate surface area is 215 Å². The fraction of sp³-hybridized carbons (Fsp3) is 0.515. The summed E-state index contributed by atoms with van der Waals surface area (Å²) in [6.07, 6.45) is 13.9. The first kappa shape index (κ1) is 29.1. The smallest absolute Gasteiger partial charge is 0.0717 e. The van der Waals surface area contributed by atoms with Crippen molar-refractivity contribution < 1.29 is 9.47 Å². The molecule has 0 amide bonds. The van der Waals surface area contributed by atoms with E-state index in [1.807, 2.05) is 0 Å². The van der Waals surface area contributed by atoms with Crippen LogP contribution in [-0.2, 0) is 22.7 Å². The topological polar surface area (TPSA) is 18.5 Å². The molecule has 0 saturated carbocycles. The van der Waals surface area contributed by atoms with Gasteiger partial charge in [-0.3, -0.25) is 0 Å². The first-order valence-electron chi connectivity index (χ1n) is 13.1. The summed E-state index contributed by atoms with van der Waals surface area (Å²) >= 11 is 0. The molecule has 2 heteroatoms. The van der Waals surface area contributed by atoms with Crippen molar-refractivity contribution in [2.45, 2.75) is 74.0 Å². The first-order chi connectivity index (χ1) is 16.5. The van der Waals surface area contributed by atoms with Crippen molar-refractivity contribution >= 4 is 0 Å². The molecule has 0 spiro atoms. The molecule has 2 aliphatic carbocycles. The third-order valence-electron chi connectivity index (χ3n) is 7.31. The van der Waals surface area contributed by atoms with Crippen molar-refractivity contribution in [2.75, 3.05) is 13.2 Å². The van der Waals surface area contributed by atoms with Crippen LogP contribution in [0.5, 0.6) is 0 Å². The maximum atomic E-state index is 6.02. The van der Waals surface area contributed by atoms with Crippen molar-refractivity contribution in [3.8, 4) is 0 Å². The van der Waals surface area contributed by atoms with E-state index < -0.39 is 0 Å². The molecule has 192 valence electrons. The summed E-state index contributed by atoms with van der Waals surface area (Å²) in [5, 5.41) is 0. The van der Waals surface area contributed by atoms with Crippen molar-refractivity contribution in [1.29, 1.82) is 0 Å². The highest BCUT2D eigenvalue weighted by Gasteiger charge is 2.23. The number of rotatable bonds is 8. The fourth-order valence-corrected chi connectivity index (χ4v) is 4.45. The normalized spacial score (nSPS) is 23.2. The number of aryl methyl sites for hydroxylation is 2. The molecule has 35 heavy (non-hydrogen) atoms. The number of benzene rings is 2.